The van der Waals surface area contributed by atoms with Gasteiger partial charge in [-0.1, -0.05) is 6.07 Å². The number of benzene rings is 1. The number of alkyl carbamates (subject to hydrolysis) is 1. The van der Waals surface area contributed by atoms with E-state index in [-0.39, 0.29) is 11.8 Å². The molecule has 0 saturated carbocycles. The molecule has 2 unspecified atom stereocenters. The summed E-state index contributed by atoms with van der Waals surface area (Å²) in [7, 11) is 1.34. The van der Waals surface area contributed by atoms with Crippen LogP contribution in [0.3, 0.4) is 0 Å². The maximum absolute atomic E-state index is 11.2. The van der Waals surface area contributed by atoms with Gasteiger partial charge in [-0.2, -0.15) is 0 Å². The molecule has 2 rings (SSSR count). The van der Waals surface area contributed by atoms with E-state index in [9.17, 15) is 15.0 Å². The second-order valence-electron chi connectivity index (χ2n) is 4.99. The number of aliphatic hydroxyl groups excluding tert-OH is 1. The monoisotopic (exact) mass is 280 g/mol. The Kier molecular flexibility index (Phi) is 4.34. The third-order valence-corrected chi connectivity index (χ3v) is 3.52. The lowest BCUT2D eigenvalue weighted by Gasteiger charge is -2.20. The Morgan fingerprint density at radius 2 is 2.30 bits per heavy atom. The van der Waals surface area contributed by atoms with Crippen molar-refractivity contribution in [3.8, 4) is 5.75 Å². The quantitative estimate of drug-likeness (QED) is 0.779. The van der Waals surface area contributed by atoms with E-state index in [0.29, 0.717) is 12.1 Å². The van der Waals surface area contributed by atoms with Gasteiger partial charge in [0.25, 0.3) is 0 Å². The van der Waals surface area contributed by atoms with Gasteiger partial charge >= 0.3 is 6.09 Å². The van der Waals surface area contributed by atoms with Gasteiger partial charge in [0.2, 0.25) is 0 Å². The van der Waals surface area contributed by atoms with Gasteiger partial charge in [0.1, 0.15) is 5.75 Å². The zero-order valence-electron chi connectivity index (χ0n) is 11.7. The minimum Gasteiger partial charge on any atom is -0.507 e. The summed E-state index contributed by atoms with van der Waals surface area (Å²) in [5.41, 5.74) is 1.39. The summed E-state index contributed by atoms with van der Waals surface area (Å²) in [4.78, 5) is 13.2. The molecule has 0 spiro atoms. The van der Waals surface area contributed by atoms with E-state index >= 15 is 0 Å². The largest absolute Gasteiger partial charge is 0.507 e. The average molecular weight is 280 g/mol. The van der Waals surface area contributed by atoms with Crippen LogP contribution in [0.5, 0.6) is 5.75 Å². The number of hydrogen-bond acceptors (Lipinski definition) is 5. The van der Waals surface area contributed by atoms with E-state index in [4.69, 9.17) is 0 Å². The Balaban J connectivity index is 2.03. The number of phenols is 1. The Hall–Kier alpha value is -1.95. The molecule has 1 saturated heterocycles. The molecule has 20 heavy (non-hydrogen) atoms. The normalized spacial score (nSPS) is 19.8. The number of hydrogen-bond donors (Lipinski definition) is 3. The van der Waals surface area contributed by atoms with E-state index in [0.717, 1.165) is 18.7 Å². The van der Waals surface area contributed by atoms with Crippen molar-refractivity contribution in [2.45, 2.75) is 25.5 Å². The number of rotatable bonds is 3. The van der Waals surface area contributed by atoms with Crippen LogP contribution in [0, 0.1) is 0 Å². The topological polar surface area (TPSA) is 82.0 Å². The van der Waals surface area contributed by atoms with Crippen LogP contribution in [0.1, 0.15) is 25.0 Å². The van der Waals surface area contributed by atoms with Gasteiger partial charge in [-0.25, -0.2) is 4.79 Å². The molecular formula is C14H20N2O4. The molecule has 2 atom stereocenters. The molecule has 1 aromatic carbocycles. The molecule has 0 aliphatic carbocycles. The van der Waals surface area contributed by atoms with E-state index in [1.54, 1.807) is 19.1 Å². The van der Waals surface area contributed by atoms with Crippen LogP contribution < -0.4 is 10.2 Å². The van der Waals surface area contributed by atoms with Crippen LogP contribution in [-0.2, 0) is 4.74 Å². The van der Waals surface area contributed by atoms with Gasteiger partial charge in [-0.15, -0.1) is 0 Å². The summed E-state index contributed by atoms with van der Waals surface area (Å²) in [6.07, 6.45) is -0.297. The van der Waals surface area contributed by atoms with Crippen LogP contribution in [-0.4, -0.2) is 42.5 Å². The number of carbonyl (C=O) groups excluding carboxylic acids is 1. The van der Waals surface area contributed by atoms with Crippen molar-refractivity contribution in [2.75, 3.05) is 25.1 Å². The van der Waals surface area contributed by atoms with Gasteiger partial charge < -0.3 is 25.2 Å². The standard InChI is InChI=1S/C14H20N2O4/c1-9(17)12-4-3-11(7-13(12)18)16-6-5-10(8-16)15-14(19)20-2/h3-4,7,9-10,17-18H,5-6,8H2,1-2H3,(H,15,19). The van der Waals surface area contributed by atoms with E-state index in [1.807, 2.05) is 6.07 Å². The van der Waals surface area contributed by atoms with Gasteiger partial charge in [0.15, 0.2) is 0 Å². The first kappa shape index (κ1) is 14.5. The van der Waals surface area contributed by atoms with Crippen LogP contribution >= 0.6 is 0 Å². The number of amides is 1. The molecule has 1 fully saturated rings. The molecule has 6 heteroatoms. The number of methoxy groups -OCH3 is 1. The Morgan fingerprint density at radius 1 is 1.55 bits per heavy atom. The molecule has 1 aliphatic heterocycles. The molecule has 0 bridgehead atoms. The van der Waals surface area contributed by atoms with Crippen LogP contribution in [0.25, 0.3) is 0 Å². The summed E-state index contributed by atoms with van der Waals surface area (Å²) in [6, 6.07) is 5.27. The summed E-state index contributed by atoms with van der Waals surface area (Å²) in [5, 5.41) is 22.2. The van der Waals surface area contributed by atoms with Gasteiger partial charge in [0.05, 0.1) is 19.3 Å². The zero-order valence-corrected chi connectivity index (χ0v) is 11.7. The van der Waals surface area contributed by atoms with Crippen molar-refractivity contribution < 1.29 is 19.7 Å². The summed E-state index contributed by atoms with van der Waals surface area (Å²) < 4.78 is 4.58. The molecule has 0 radical (unpaired) electrons. The van der Waals surface area contributed by atoms with E-state index in [1.165, 1.54) is 7.11 Å². The molecular weight excluding hydrogens is 260 g/mol. The third-order valence-electron chi connectivity index (χ3n) is 3.52. The highest BCUT2D eigenvalue weighted by molar-refractivity contribution is 5.67. The smallest absolute Gasteiger partial charge is 0.407 e. The Morgan fingerprint density at radius 3 is 2.90 bits per heavy atom. The van der Waals surface area contributed by atoms with Crippen molar-refractivity contribution in [1.29, 1.82) is 0 Å². The lowest BCUT2D eigenvalue weighted by atomic mass is 10.1. The predicted molar refractivity (Wildman–Crippen MR) is 74.9 cm³/mol. The molecule has 6 nitrogen and oxygen atoms in total. The second-order valence-corrected chi connectivity index (χ2v) is 4.99. The zero-order chi connectivity index (χ0) is 14.7. The fourth-order valence-electron chi connectivity index (χ4n) is 2.42. The van der Waals surface area contributed by atoms with E-state index in [2.05, 4.69) is 15.0 Å². The number of carbonyl (C=O) groups is 1. The molecule has 0 aromatic heterocycles. The summed E-state index contributed by atoms with van der Waals surface area (Å²) in [6.45, 7) is 3.07. The number of ether oxygens (including phenoxy) is 1. The molecule has 3 N–H and O–H groups in total. The van der Waals surface area contributed by atoms with Crippen molar-refractivity contribution in [2.24, 2.45) is 0 Å². The number of nitrogens with one attached hydrogen (secondary N) is 1. The fourth-order valence-corrected chi connectivity index (χ4v) is 2.42. The third kappa shape index (κ3) is 3.14. The van der Waals surface area contributed by atoms with Crippen LogP contribution in [0.2, 0.25) is 0 Å². The Labute approximate surface area is 118 Å². The first-order valence-electron chi connectivity index (χ1n) is 6.61. The molecule has 1 aromatic rings. The van der Waals surface area contributed by atoms with Crippen molar-refractivity contribution >= 4 is 11.8 Å². The second kappa shape index (κ2) is 6.00. The molecule has 1 heterocycles. The number of nitrogens with zero attached hydrogens (tertiary/aromatic N) is 1. The maximum Gasteiger partial charge on any atom is 0.407 e. The first-order valence-corrected chi connectivity index (χ1v) is 6.61. The highest BCUT2D eigenvalue weighted by atomic mass is 16.5. The van der Waals surface area contributed by atoms with Crippen LogP contribution in [0.15, 0.2) is 18.2 Å². The number of aromatic hydroxyl groups is 1. The lowest BCUT2D eigenvalue weighted by molar-refractivity contribution is 0.167. The highest BCUT2D eigenvalue weighted by Gasteiger charge is 2.24. The van der Waals surface area contributed by atoms with Gasteiger partial charge in [0, 0.05) is 30.4 Å². The van der Waals surface area contributed by atoms with Gasteiger partial charge in [-0.05, 0) is 19.4 Å². The lowest BCUT2D eigenvalue weighted by Crippen LogP contribution is -2.36. The number of aliphatic hydroxyl groups is 1. The maximum atomic E-state index is 11.2. The average Bonchev–Trinajstić information content (AvgIpc) is 2.86. The first-order chi connectivity index (χ1) is 9.51. The van der Waals surface area contributed by atoms with Crippen molar-refractivity contribution in [3.63, 3.8) is 0 Å². The summed E-state index contributed by atoms with van der Waals surface area (Å²) >= 11 is 0. The SMILES string of the molecule is COC(=O)NC1CCN(c2ccc(C(C)O)c(O)c2)C1. The molecule has 1 amide bonds. The molecule has 110 valence electrons. The minimum atomic E-state index is -0.698. The predicted octanol–water partition coefficient (Wildman–Crippen LogP) is 1.38. The van der Waals surface area contributed by atoms with Crippen molar-refractivity contribution in [3.05, 3.63) is 23.8 Å². The van der Waals surface area contributed by atoms with E-state index < -0.39 is 12.2 Å². The number of phenolic OH excluding ortho intramolecular Hbond substituents is 1. The van der Waals surface area contributed by atoms with Crippen LogP contribution in [0.4, 0.5) is 10.5 Å². The van der Waals surface area contributed by atoms with Crippen molar-refractivity contribution in [1.82, 2.24) is 5.32 Å². The minimum absolute atomic E-state index is 0.0426. The fraction of sp³-hybridized carbons (Fsp3) is 0.500. The Bertz CT molecular complexity index is 490. The number of anilines is 1. The highest BCUT2D eigenvalue weighted by Crippen LogP contribution is 2.30. The molecule has 1 aliphatic rings. The van der Waals surface area contributed by atoms with Gasteiger partial charge in [-0.3, -0.25) is 0 Å². The summed E-state index contributed by atoms with van der Waals surface area (Å²) in [5.74, 6) is 0.0851.